The summed E-state index contributed by atoms with van der Waals surface area (Å²) in [5.41, 5.74) is 0. The number of carbonyl (C=O) groups is 2. The van der Waals surface area contributed by atoms with Gasteiger partial charge in [0.15, 0.2) is 0 Å². The van der Waals surface area contributed by atoms with Gasteiger partial charge in [0, 0.05) is 10.9 Å². The molecule has 0 amide bonds. The molecule has 1 fully saturated rings. The molecule has 0 unspecified atom stereocenters. The fourth-order valence-corrected chi connectivity index (χ4v) is 2.18. The highest BCUT2D eigenvalue weighted by molar-refractivity contribution is 9.11. The van der Waals surface area contributed by atoms with E-state index in [1.165, 1.54) is 0 Å². The normalized spacial score (nSPS) is 36.5. The molecule has 2 aliphatic heterocycles. The predicted molar refractivity (Wildman–Crippen MR) is 45.9 cm³/mol. The monoisotopic (exact) mass is 246 g/mol. The summed E-state index contributed by atoms with van der Waals surface area (Å²) in [6, 6.07) is 0. The average Bonchev–Trinajstić information content (AvgIpc) is 2.09. The van der Waals surface area contributed by atoms with Crippen molar-refractivity contribution in [2.75, 3.05) is 0 Å². The molecule has 1 saturated heterocycles. The lowest BCUT2D eigenvalue weighted by atomic mass is 9.88. The van der Waals surface area contributed by atoms with Crippen molar-refractivity contribution in [3.63, 3.8) is 0 Å². The summed E-state index contributed by atoms with van der Waals surface area (Å²) in [5.74, 6) is -0.754. The summed E-state index contributed by atoms with van der Waals surface area (Å²) in [5, 5.41) is 0. The number of hydrogen-bond acceptors (Lipinski definition) is 4. The molecule has 5 heteroatoms. The van der Waals surface area contributed by atoms with Crippen molar-refractivity contribution < 1.29 is 19.1 Å². The van der Waals surface area contributed by atoms with E-state index in [9.17, 15) is 9.59 Å². The molecule has 0 aromatic carbocycles. The highest BCUT2D eigenvalue weighted by Gasteiger charge is 2.44. The highest BCUT2D eigenvalue weighted by Crippen LogP contribution is 2.37. The minimum absolute atomic E-state index is 0.276. The number of ether oxygens (including phenoxy) is 2. The van der Waals surface area contributed by atoms with Crippen LogP contribution in [0.4, 0.5) is 0 Å². The van der Waals surface area contributed by atoms with Gasteiger partial charge in [-0.05, 0) is 0 Å². The lowest BCUT2D eigenvalue weighted by molar-refractivity contribution is -0.170. The van der Waals surface area contributed by atoms with Crippen LogP contribution in [0, 0.1) is 5.92 Å². The van der Waals surface area contributed by atoms with Crippen molar-refractivity contribution in [1.82, 2.24) is 0 Å². The molecule has 0 radical (unpaired) electrons. The molecule has 4 nitrogen and oxygen atoms in total. The standard InChI is InChI=1S/C8H7BrO4/c9-5-1-4-6(12-3-10)2-7(5)13-8(4)11/h1,3-4,6-7H,2H2/t4-,6-,7-/m0/s1. The van der Waals surface area contributed by atoms with Crippen LogP contribution in [0.1, 0.15) is 6.42 Å². The number of fused-ring (bicyclic) bond motifs is 2. The fraction of sp³-hybridized carbons (Fsp3) is 0.500. The van der Waals surface area contributed by atoms with Crippen molar-refractivity contribution in [2.45, 2.75) is 18.6 Å². The molecule has 2 heterocycles. The second-order valence-corrected chi connectivity index (χ2v) is 3.93. The third-order valence-electron chi connectivity index (χ3n) is 2.25. The summed E-state index contributed by atoms with van der Waals surface area (Å²) in [6.45, 7) is 0.375. The zero-order valence-electron chi connectivity index (χ0n) is 6.60. The molecule has 0 N–H and O–H groups in total. The van der Waals surface area contributed by atoms with Gasteiger partial charge in [-0.15, -0.1) is 0 Å². The molecule has 2 bridgehead atoms. The first-order valence-corrected chi connectivity index (χ1v) is 4.68. The Labute approximate surface area is 83.0 Å². The SMILES string of the molecule is O=CO[C@H]1C[C@@H]2OC(=O)[C@H]1C=C2Br. The van der Waals surface area contributed by atoms with E-state index in [-0.39, 0.29) is 18.2 Å². The largest absolute Gasteiger partial charge is 0.463 e. The van der Waals surface area contributed by atoms with Crippen molar-refractivity contribution >= 4 is 28.4 Å². The van der Waals surface area contributed by atoms with Crippen LogP contribution in [0.2, 0.25) is 0 Å². The van der Waals surface area contributed by atoms with E-state index in [1.54, 1.807) is 6.08 Å². The minimum atomic E-state index is -0.440. The first kappa shape index (κ1) is 8.74. The van der Waals surface area contributed by atoms with Crippen LogP contribution in [-0.2, 0) is 19.1 Å². The number of hydrogen-bond donors (Lipinski definition) is 0. The molecule has 13 heavy (non-hydrogen) atoms. The lowest BCUT2D eigenvalue weighted by Crippen LogP contribution is -2.45. The van der Waals surface area contributed by atoms with Crippen LogP contribution in [0.3, 0.4) is 0 Å². The summed E-state index contributed by atoms with van der Waals surface area (Å²) in [7, 11) is 0. The summed E-state index contributed by atoms with van der Waals surface area (Å²) in [4.78, 5) is 21.3. The van der Waals surface area contributed by atoms with Crippen molar-refractivity contribution in [1.29, 1.82) is 0 Å². The van der Waals surface area contributed by atoms with Gasteiger partial charge in [-0.1, -0.05) is 22.0 Å². The number of esters is 1. The molecule has 0 aromatic rings. The first-order valence-electron chi connectivity index (χ1n) is 3.89. The van der Waals surface area contributed by atoms with Crippen LogP contribution >= 0.6 is 15.9 Å². The van der Waals surface area contributed by atoms with Gasteiger partial charge in [0.1, 0.15) is 18.1 Å². The van der Waals surface area contributed by atoms with Gasteiger partial charge in [-0.2, -0.15) is 0 Å². The molecule has 3 atom stereocenters. The Bertz CT molecular complexity index is 286. The maximum absolute atomic E-state index is 11.2. The van der Waals surface area contributed by atoms with E-state index in [2.05, 4.69) is 15.9 Å². The van der Waals surface area contributed by atoms with E-state index >= 15 is 0 Å². The molecule has 70 valence electrons. The molecule has 0 spiro atoms. The Hall–Kier alpha value is -0.840. The summed E-state index contributed by atoms with van der Waals surface area (Å²) < 4.78 is 10.7. The maximum Gasteiger partial charge on any atom is 0.317 e. The van der Waals surface area contributed by atoms with Crippen LogP contribution in [0.25, 0.3) is 0 Å². The van der Waals surface area contributed by atoms with Crippen LogP contribution in [0.15, 0.2) is 10.6 Å². The van der Waals surface area contributed by atoms with Crippen LogP contribution in [-0.4, -0.2) is 24.6 Å². The van der Waals surface area contributed by atoms with E-state index in [0.29, 0.717) is 12.9 Å². The van der Waals surface area contributed by atoms with Gasteiger partial charge < -0.3 is 9.47 Å². The van der Waals surface area contributed by atoms with Crippen molar-refractivity contribution in [3.05, 3.63) is 10.6 Å². The molecule has 3 aliphatic rings. The van der Waals surface area contributed by atoms with Gasteiger partial charge in [-0.25, -0.2) is 0 Å². The summed E-state index contributed by atoms with van der Waals surface area (Å²) >= 11 is 3.29. The number of carbonyl (C=O) groups excluding carboxylic acids is 2. The Balaban J connectivity index is 2.22. The van der Waals surface area contributed by atoms with E-state index in [4.69, 9.17) is 9.47 Å². The minimum Gasteiger partial charge on any atom is -0.463 e. The third-order valence-corrected chi connectivity index (χ3v) is 3.03. The number of rotatable bonds is 2. The Morgan fingerprint density at radius 3 is 3.08 bits per heavy atom. The number of halogens is 1. The van der Waals surface area contributed by atoms with Crippen LogP contribution in [0.5, 0.6) is 0 Å². The van der Waals surface area contributed by atoms with Gasteiger partial charge in [0.2, 0.25) is 0 Å². The first-order chi connectivity index (χ1) is 6.22. The van der Waals surface area contributed by atoms with Gasteiger partial charge in [0.05, 0.1) is 0 Å². The molecule has 0 saturated carbocycles. The molecular formula is C8H7BrO4. The highest BCUT2D eigenvalue weighted by atomic mass is 79.9. The Kier molecular flexibility index (Phi) is 2.11. The van der Waals surface area contributed by atoms with E-state index < -0.39 is 5.92 Å². The van der Waals surface area contributed by atoms with E-state index in [1.807, 2.05) is 0 Å². The Morgan fingerprint density at radius 1 is 1.69 bits per heavy atom. The molecule has 3 rings (SSSR count). The quantitative estimate of drug-likeness (QED) is 0.533. The fourth-order valence-electron chi connectivity index (χ4n) is 1.61. The summed E-state index contributed by atoms with van der Waals surface area (Å²) in [6.07, 6.45) is 1.66. The van der Waals surface area contributed by atoms with Crippen LogP contribution < -0.4 is 0 Å². The van der Waals surface area contributed by atoms with Gasteiger partial charge >= 0.3 is 5.97 Å². The third kappa shape index (κ3) is 1.37. The molecular weight excluding hydrogens is 240 g/mol. The van der Waals surface area contributed by atoms with E-state index in [0.717, 1.165) is 4.48 Å². The zero-order valence-corrected chi connectivity index (χ0v) is 8.19. The van der Waals surface area contributed by atoms with Crippen molar-refractivity contribution in [2.24, 2.45) is 5.92 Å². The molecule has 0 aromatic heterocycles. The van der Waals surface area contributed by atoms with Crippen molar-refractivity contribution in [3.8, 4) is 0 Å². The maximum atomic E-state index is 11.2. The zero-order chi connectivity index (χ0) is 9.42. The second-order valence-electron chi connectivity index (χ2n) is 3.01. The average molecular weight is 247 g/mol. The predicted octanol–water partition coefficient (Wildman–Crippen LogP) is 0.752. The van der Waals surface area contributed by atoms with Gasteiger partial charge in [-0.3, -0.25) is 9.59 Å². The molecule has 1 aliphatic carbocycles. The smallest absolute Gasteiger partial charge is 0.317 e. The lowest BCUT2D eigenvalue weighted by Gasteiger charge is -2.37. The Morgan fingerprint density at radius 2 is 2.46 bits per heavy atom. The topological polar surface area (TPSA) is 52.6 Å². The van der Waals surface area contributed by atoms with Gasteiger partial charge in [0.25, 0.3) is 6.47 Å². The second kappa shape index (κ2) is 3.14.